The molecule has 0 aliphatic heterocycles. The number of nitrogens with two attached hydrogens (primary N) is 1. The number of hydrogen-bond donors (Lipinski definition) is 2. The molecule has 4 aromatic rings. The standard InChI is InChI=1S/C21H16N4O/c22-15-10-4-5-11-16(15)23-19(14-8-2-1-3-9-14)20-21(26)25-18-13-7-6-12-17(18)24-20/h1-13H,22H2,(H,25,26). The molecule has 0 bridgehead atoms. The monoisotopic (exact) mass is 340 g/mol. The molecule has 0 saturated carbocycles. The minimum Gasteiger partial charge on any atom is -0.397 e. The van der Waals surface area contributed by atoms with Crippen LogP contribution in [-0.2, 0) is 0 Å². The first-order valence-corrected chi connectivity index (χ1v) is 8.20. The highest BCUT2D eigenvalue weighted by molar-refractivity contribution is 6.13. The van der Waals surface area contributed by atoms with Crippen LogP contribution in [0.1, 0.15) is 11.3 Å². The van der Waals surface area contributed by atoms with Gasteiger partial charge in [0.15, 0.2) is 5.69 Å². The number of aromatic nitrogens is 2. The number of fused-ring (bicyclic) bond motifs is 1. The van der Waals surface area contributed by atoms with Gasteiger partial charge in [0.2, 0.25) is 0 Å². The number of H-pyrrole nitrogens is 1. The molecule has 5 heteroatoms. The second-order valence-corrected chi connectivity index (χ2v) is 5.82. The Bertz CT molecular complexity index is 1160. The predicted octanol–water partition coefficient (Wildman–Crippen LogP) is 3.67. The smallest absolute Gasteiger partial charge is 0.276 e. The summed E-state index contributed by atoms with van der Waals surface area (Å²) in [6.45, 7) is 0. The molecule has 0 aliphatic carbocycles. The molecule has 3 aromatic carbocycles. The third kappa shape index (κ3) is 2.98. The Morgan fingerprint density at radius 3 is 2.38 bits per heavy atom. The van der Waals surface area contributed by atoms with E-state index in [9.17, 15) is 4.79 Å². The lowest BCUT2D eigenvalue weighted by Gasteiger charge is -2.08. The molecule has 5 nitrogen and oxygen atoms in total. The summed E-state index contributed by atoms with van der Waals surface area (Å²) < 4.78 is 0. The molecular weight excluding hydrogens is 324 g/mol. The average molecular weight is 340 g/mol. The maximum atomic E-state index is 12.7. The molecule has 26 heavy (non-hydrogen) atoms. The van der Waals surface area contributed by atoms with Crippen molar-refractivity contribution in [2.45, 2.75) is 0 Å². The highest BCUT2D eigenvalue weighted by atomic mass is 16.1. The first-order chi connectivity index (χ1) is 12.7. The van der Waals surface area contributed by atoms with Gasteiger partial charge in [0.25, 0.3) is 5.56 Å². The molecule has 0 saturated heterocycles. The van der Waals surface area contributed by atoms with E-state index >= 15 is 0 Å². The number of nitrogen functional groups attached to an aromatic ring is 1. The summed E-state index contributed by atoms with van der Waals surface area (Å²) in [6.07, 6.45) is 0. The van der Waals surface area contributed by atoms with Gasteiger partial charge in [-0.05, 0) is 24.3 Å². The van der Waals surface area contributed by atoms with Crippen molar-refractivity contribution in [2.24, 2.45) is 4.99 Å². The number of rotatable bonds is 3. The van der Waals surface area contributed by atoms with Crippen molar-refractivity contribution >= 4 is 28.1 Å². The van der Waals surface area contributed by atoms with Gasteiger partial charge in [-0.15, -0.1) is 0 Å². The summed E-state index contributed by atoms with van der Waals surface area (Å²) in [5.74, 6) is 0. The number of nitrogens with one attached hydrogen (secondary N) is 1. The van der Waals surface area contributed by atoms with Crippen molar-refractivity contribution in [1.29, 1.82) is 0 Å². The van der Waals surface area contributed by atoms with Crippen LogP contribution >= 0.6 is 0 Å². The number of nitrogens with zero attached hydrogens (tertiary/aromatic N) is 2. The lowest BCUT2D eigenvalue weighted by atomic mass is 10.1. The minimum absolute atomic E-state index is 0.262. The van der Waals surface area contributed by atoms with Gasteiger partial charge in [0, 0.05) is 5.56 Å². The molecule has 0 atom stereocenters. The normalized spacial score (nSPS) is 11.6. The lowest BCUT2D eigenvalue weighted by Crippen LogP contribution is -2.21. The van der Waals surface area contributed by atoms with Gasteiger partial charge in [-0.1, -0.05) is 54.6 Å². The van der Waals surface area contributed by atoms with Gasteiger partial charge in [-0.25, -0.2) is 9.98 Å². The van der Waals surface area contributed by atoms with Gasteiger partial charge >= 0.3 is 0 Å². The van der Waals surface area contributed by atoms with Crippen molar-refractivity contribution in [1.82, 2.24) is 9.97 Å². The second kappa shape index (κ2) is 6.64. The predicted molar refractivity (Wildman–Crippen MR) is 105 cm³/mol. The Morgan fingerprint density at radius 2 is 1.58 bits per heavy atom. The summed E-state index contributed by atoms with van der Waals surface area (Å²) in [7, 11) is 0. The number of aromatic amines is 1. The van der Waals surface area contributed by atoms with E-state index in [1.54, 1.807) is 6.07 Å². The van der Waals surface area contributed by atoms with E-state index < -0.39 is 0 Å². The summed E-state index contributed by atoms with van der Waals surface area (Å²) in [6, 6.07) is 24.2. The molecule has 0 amide bonds. The van der Waals surface area contributed by atoms with Gasteiger partial charge in [-0.3, -0.25) is 4.79 Å². The van der Waals surface area contributed by atoms with Crippen LogP contribution in [-0.4, -0.2) is 15.7 Å². The van der Waals surface area contributed by atoms with Crippen molar-refractivity contribution in [3.63, 3.8) is 0 Å². The van der Waals surface area contributed by atoms with Crippen LogP contribution in [0.3, 0.4) is 0 Å². The Kier molecular flexibility index (Phi) is 4.03. The number of para-hydroxylation sites is 4. The number of anilines is 1. The highest BCUT2D eigenvalue weighted by Gasteiger charge is 2.15. The zero-order chi connectivity index (χ0) is 17.9. The van der Waals surface area contributed by atoms with Crippen molar-refractivity contribution in [2.75, 3.05) is 5.73 Å². The topological polar surface area (TPSA) is 84.1 Å². The number of benzene rings is 3. The van der Waals surface area contributed by atoms with Gasteiger partial charge < -0.3 is 10.7 Å². The molecule has 126 valence electrons. The minimum atomic E-state index is -0.291. The number of aliphatic imine (C=N–C) groups is 1. The van der Waals surface area contributed by atoms with Crippen LogP contribution in [0.5, 0.6) is 0 Å². The highest BCUT2D eigenvalue weighted by Crippen LogP contribution is 2.23. The first-order valence-electron chi connectivity index (χ1n) is 8.20. The first kappa shape index (κ1) is 15.8. The van der Waals surface area contributed by atoms with E-state index in [-0.39, 0.29) is 11.3 Å². The Hall–Kier alpha value is -3.73. The third-order valence-corrected chi connectivity index (χ3v) is 4.04. The van der Waals surface area contributed by atoms with Crippen LogP contribution in [0.4, 0.5) is 11.4 Å². The molecule has 0 fully saturated rings. The van der Waals surface area contributed by atoms with E-state index in [2.05, 4.69) is 15.0 Å². The van der Waals surface area contributed by atoms with Crippen molar-refractivity contribution in [3.8, 4) is 0 Å². The molecule has 1 aromatic heterocycles. The van der Waals surface area contributed by atoms with E-state index in [0.29, 0.717) is 28.1 Å². The van der Waals surface area contributed by atoms with Crippen LogP contribution in [0.15, 0.2) is 88.6 Å². The van der Waals surface area contributed by atoms with Crippen LogP contribution in [0.2, 0.25) is 0 Å². The van der Waals surface area contributed by atoms with Crippen LogP contribution < -0.4 is 11.3 Å². The maximum absolute atomic E-state index is 12.7. The molecule has 0 aliphatic rings. The van der Waals surface area contributed by atoms with E-state index in [1.165, 1.54) is 0 Å². The number of hydrogen-bond acceptors (Lipinski definition) is 4. The molecule has 3 N–H and O–H groups in total. The fourth-order valence-corrected chi connectivity index (χ4v) is 2.75. The summed E-state index contributed by atoms with van der Waals surface area (Å²) in [5.41, 5.74) is 9.82. The maximum Gasteiger partial charge on any atom is 0.276 e. The van der Waals surface area contributed by atoms with E-state index in [0.717, 1.165) is 5.56 Å². The molecule has 0 spiro atoms. The average Bonchev–Trinajstić information content (AvgIpc) is 2.68. The van der Waals surface area contributed by atoms with Gasteiger partial charge in [-0.2, -0.15) is 0 Å². The van der Waals surface area contributed by atoms with Crippen molar-refractivity contribution in [3.05, 3.63) is 100 Å². The molecule has 0 radical (unpaired) electrons. The van der Waals surface area contributed by atoms with Crippen LogP contribution in [0.25, 0.3) is 11.0 Å². The Morgan fingerprint density at radius 1 is 0.885 bits per heavy atom. The quantitative estimate of drug-likeness (QED) is 0.441. The Labute approximate surface area is 149 Å². The third-order valence-electron chi connectivity index (χ3n) is 4.04. The zero-order valence-electron chi connectivity index (χ0n) is 13.9. The molecule has 4 rings (SSSR count). The van der Waals surface area contributed by atoms with Crippen LogP contribution in [0, 0.1) is 0 Å². The molecule has 1 heterocycles. The fraction of sp³-hybridized carbons (Fsp3) is 0. The largest absolute Gasteiger partial charge is 0.397 e. The van der Waals surface area contributed by atoms with Crippen molar-refractivity contribution < 1.29 is 0 Å². The zero-order valence-corrected chi connectivity index (χ0v) is 13.9. The molecular formula is C21H16N4O. The lowest BCUT2D eigenvalue weighted by molar-refractivity contribution is 1.19. The summed E-state index contributed by atoms with van der Waals surface area (Å²) >= 11 is 0. The van der Waals surface area contributed by atoms with E-state index in [4.69, 9.17) is 5.73 Å². The second-order valence-electron chi connectivity index (χ2n) is 5.82. The Balaban J connectivity index is 1.99. The SMILES string of the molecule is Nc1ccccc1N=C(c1ccccc1)c1nc2ccccc2[nH]c1=O. The van der Waals surface area contributed by atoms with E-state index in [1.807, 2.05) is 72.8 Å². The molecule has 0 unspecified atom stereocenters. The van der Waals surface area contributed by atoms with Gasteiger partial charge in [0.05, 0.1) is 22.4 Å². The summed E-state index contributed by atoms with van der Waals surface area (Å²) in [5, 5.41) is 0. The summed E-state index contributed by atoms with van der Waals surface area (Å²) in [4.78, 5) is 24.8. The van der Waals surface area contributed by atoms with Gasteiger partial charge in [0.1, 0.15) is 5.71 Å². The fourth-order valence-electron chi connectivity index (χ4n) is 2.75.